The monoisotopic (exact) mass is 721 g/mol. The number of carbonyl (C=O) groups excluding carboxylic acids is 2. The number of rotatable bonds is 10. The first-order valence-corrected chi connectivity index (χ1v) is 20.3. The average molecular weight is 722 g/mol. The van der Waals surface area contributed by atoms with Gasteiger partial charge in [-0.3, -0.25) is 4.79 Å². The van der Waals surface area contributed by atoms with Gasteiger partial charge in [0, 0.05) is 36.1 Å². The third-order valence-corrected chi connectivity index (χ3v) is 13.6. The summed E-state index contributed by atoms with van der Waals surface area (Å²) in [5, 5.41) is 23.9. The van der Waals surface area contributed by atoms with Crippen molar-refractivity contribution < 1.29 is 29.3 Å². The number of nitrogens with zero attached hydrogens (tertiary/aromatic N) is 1. The van der Waals surface area contributed by atoms with Crippen LogP contribution in [0.4, 0.5) is 4.79 Å². The van der Waals surface area contributed by atoms with Crippen LogP contribution in [0.3, 0.4) is 0 Å². The fourth-order valence-electron chi connectivity index (χ4n) is 9.29. The standard InChI is InChI=1S/C43H63NO6S/c1-28(2)34-16-12-30(4)24-38(34)50-41(47)44(22-9-23-49-7)27-43(48)21-19-37-35-17-14-32(26-36(35)40(46)39-18-13-31(5)51-39)25-33(45)15-11-29(3)10-8-20-42(37,43)6/h10,13-14,17-18,26,28,30,33-34,37-38,45,48H,8-9,11-12,15-16,19-25,27H2,1-7H3/t30-,33-,34+,37-,38-,42-,43+/m0/s1. The molecule has 51 heavy (non-hydrogen) atoms. The molecule has 1 amide bonds. The molecular weight excluding hydrogens is 659 g/mol. The number of ketones is 1. The molecule has 7 nitrogen and oxygen atoms in total. The molecule has 2 saturated carbocycles. The molecule has 0 aliphatic heterocycles. The average Bonchev–Trinajstić information content (AvgIpc) is 3.62. The van der Waals surface area contributed by atoms with Gasteiger partial charge in [-0.1, -0.05) is 57.9 Å². The van der Waals surface area contributed by atoms with Crippen LogP contribution in [0.15, 0.2) is 42.0 Å². The fourth-order valence-corrected chi connectivity index (χ4v) is 10.1. The highest BCUT2D eigenvalue weighted by molar-refractivity contribution is 7.14. The number of fused-ring (bicyclic) bond motifs is 8. The highest BCUT2D eigenvalue weighted by Crippen LogP contribution is 2.59. The Balaban J connectivity index is 1.53. The summed E-state index contributed by atoms with van der Waals surface area (Å²) in [5.74, 6) is 1.13. The molecular formula is C43H63NO6S. The maximum Gasteiger partial charge on any atom is 0.410 e. The Morgan fingerprint density at radius 2 is 1.86 bits per heavy atom. The van der Waals surface area contributed by atoms with E-state index in [1.165, 1.54) is 16.9 Å². The van der Waals surface area contributed by atoms with E-state index >= 15 is 0 Å². The second kappa shape index (κ2) is 17.1. The second-order valence-corrected chi connectivity index (χ2v) is 18.0. The Morgan fingerprint density at radius 3 is 2.57 bits per heavy atom. The zero-order valence-electron chi connectivity index (χ0n) is 32.2. The largest absolute Gasteiger partial charge is 0.446 e. The van der Waals surface area contributed by atoms with E-state index in [1.54, 1.807) is 12.0 Å². The van der Waals surface area contributed by atoms with Crippen LogP contribution in [0.1, 0.15) is 136 Å². The Kier molecular flexibility index (Phi) is 13.3. The number of amides is 1. The molecule has 0 radical (unpaired) electrons. The third kappa shape index (κ3) is 9.17. The first kappa shape index (κ1) is 39.7. The number of aryl methyl sites for hydroxylation is 1. The minimum Gasteiger partial charge on any atom is -0.446 e. The Morgan fingerprint density at radius 1 is 1.08 bits per heavy atom. The molecule has 0 unspecified atom stereocenters. The lowest BCUT2D eigenvalue weighted by Crippen LogP contribution is -2.54. The van der Waals surface area contributed by atoms with Crippen LogP contribution in [0.25, 0.3) is 0 Å². The lowest BCUT2D eigenvalue weighted by atomic mass is 9.64. The molecule has 2 N–H and O–H groups in total. The smallest absolute Gasteiger partial charge is 0.410 e. The van der Waals surface area contributed by atoms with Crippen LogP contribution in [0.5, 0.6) is 0 Å². The molecule has 282 valence electrons. The van der Waals surface area contributed by atoms with Crippen LogP contribution < -0.4 is 0 Å². The summed E-state index contributed by atoms with van der Waals surface area (Å²) in [4.78, 5) is 32.0. The quantitative estimate of drug-likeness (QED) is 0.144. The highest BCUT2D eigenvalue weighted by Gasteiger charge is 2.58. The first-order chi connectivity index (χ1) is 24.2. The van der Waals surface area contributed by atoms with Gasteiger partial charge < -0.3 is 24.6 Å². The first-order valence-electron chi connectivity index (χ1n) is 19.5. The third-order valence-electron chi connectivity index (χ3n) is 12.6. The predicted molar refractivity (Wildman–Crippen MR) is 206 cm³/mol. The number of hydrogen-bond acceptors (Lipinski definition) is 7. The summed E-state index contributed by atoms with van der Waals surface area (Å²) in [6.45, 7) is 14.1. The van der Waals surface area contributed by atoms with Crippen molar-refractivity contribution in [3.63, 3.8) is 0 Å². The van der Waals surface area contributed by atoms with Gasteiger partial charge in [0.1, 0.15) is 6.10 Å². The predicted octanol–water partition coefficient (Wildman–Crippen LogP) is 9.26. The molecule has 0 spiro atoms. The van der Waals surface area contributed by atoms with Crippen molar-refractivity contribution in [1.29, 1.82) is 0 Å². The van der Waals surface area contributed by atoms with Gasteiger partial charge in [-0.15, -0.1) is 11.3 Å². The Bertz CT molecular complexity index is 1530. The molecule has 2 bridgehead atoms. The summed E-state index contributed by atoms with van der Waals surface area (Å²) in [7, 11) is 1.67. The van der Waals surface area contributed by atoms with E-state index in [-0.39, 0.29) is 30.4 Å². The molecule has 6 rings (SSSR count). The summed E-state index contributed by atoms with van der Waals surface area (Å²) in [6.07, 6.45) is 9.57. The van der Waals surface area contributed by atoms with Gasteiger partial charge in [0.25, 0.3) is 0 Å². The number of allylic oxidation sites excluding steroid dienone is 2. The van der Waals surface area contributed by atoms with Crippen molar-refractivity contribution >= 4 is 23.2 Å². The van der Waals surface area contributed by atoms with Gasteiger partial charge in [-0.25, -0.2) is 4.79 Å². The molecule has 0 saturated heterocycles. The number of carbonyl (C=O) groups is 2. The molecule has 7 atom stereocenters. The van der Waals surface area contributed by atoms with Gasteiger partial charge in [-0.05, 0) is 131 Å². The fraction of sp³-hybridized carbons (Fsp3) is 0.674. The molecule has 1 aromatic heterocycles. The van der Waals surface area contributed by atoms with Crippen molar-refractivity contribution in [3.8, 4) is 0 Å². The van der Waals surface area contributed by atoms with E-state index in [2.05, 4.69) is 52.8 Å². The number of thiophene rings is 1. The van der Waals surface area contributed by atoms with Crippen LogP contribution in [-0.2, 0) is 15.9 Å². The number of aliphatic hydroxyl groups is 2. The van der Waals surface area contributed by atoms with Crippen LogP contribution >= 0.6 is 11.3 Å². The van der Waals surface area contributed by atoms with Crippen LogP contribution in [0, 0.1) is 30.1 Å². The van der Waals surface area contributed by atoms with Crippen LogP contribution in [-0.4, -0.2) is 71.6 Å². The van der Waals surface area contributed by atoms with E-state index in [0.29, 0.717) is 79.9 Å². The lowest BCUT2D eigenvalue weighted by molar-refractivity contribution is -0.0868. The van der Waals surface area contributed by atoms with E-state index in [4.69, 9.17) is 9.47 Å². The number of hydrogen-bond donors (Lipinski definition) is 2. The second-order valence-electron chi connectivity index (χ2n) is 16.7. The van der Waals surface area contributed by atoms with E-state index < -0.39 is 17.1 Å². The Labute approximate surface area is 310 Å². The summed E-state index contributed by atoms with van der Waals surface area (Å²) in [6, 6.07) is 10.0. The number of benzene rings is 1. The molecule has 2 aromatic rings. The van der Waals surface area contributed by atoms with Crippen molar-refractivity contribution in [2.45, 2.75) is 136 Å². The van der Waals surface area contributed by atoms with Crippen molar-refractivity contribution in [2.24, 2.45) is 23.2 Å². The van der Waals surface area contributed by atoms with Gasteiger partial charge in [0.15, 0.2) is 0 Å². The summed E-state index contributed by atoms with van der Waals surface area (Å²) >= 11 is 1.50. The maximum absolute atomic E-state index is 14.3. The minimum absolute atomic E-state index is 0.00810. The molecule has 1 heterocycles. The van der Waals surface area contributed by atoms with E-state index in [1.807, 2.05) is 25.1 Å². The summed E-state index contributed by atoms with van der Waals surface area (Å²) < 4.78 is 11.8. The number of methoxy groups -OCH3 is 1. The number of aliphatic hydroxyl groups excluding tert-OH is 1. The molecule has 2 fully saturated rings. The van der Waals surface area contributed by atoms with Gasteiger partial charge >= 0.3 is 6.09 Å². The lowest BCUT2D eigenvalue weighted by Gasteiger charge is -2.46. The van der Waals surface area contributed by atoms with Gasteiger partial charge in [0.2, 0.25) is 5.78 Å². The molecule has 4 aliphatic carbocycles. The van der Waals surface area contributed by atoms with E-state index in [0.717, 1.165) is 48.1 Å². The van der Waals surface area contributed by atoms with Crippen molar-refractivity contribution in [2.75, 3.05) is 26.8 Å². The van der Waals surface area contributed by atoms with Gasteiger partial charge in [0.05, 0.1) is 23.1 Å². The maximum atomic E-state index is 14.3. The van der Waals surface area contributed by atoms with Crippen LogP contribution in [0.2, 0.25) is 0 Å². The normalized spacial score (nSPS) is 30.1. The molecule has 8 heteroatoms. The minimum atomic E-state index is -1.21. The Hall–Kier alpha value is -2.52. The van der Waals surface area contributed by atoms with Crippen molar-refractivity contribution in [3.05, 3.63) is 68.4 Å². The summed E-state index contributed by atoms with van der Waals surface area (Å²) in [5.41, 5.74) is 1.93. The van der Waals surface area contributed by atoms with Gasteiger partial charge in [-0.2, -0.15) is 0 Å². The molecule has 1 aromatic carbocycles. The van der Waals surface area contributed by atoms with E-state index in [9.17, 15) is 19.8 Å². The zero-order chi connectivity index (χ0) is 36.9. The SMILES string of the molecule is COCCCN(C[C@]1(O)CC[C@H]2c3ccc(cc3C(=O)c3ccc(C)s3)C[C@@H](O)CCC(C)=CCC[C@@]21C)C(=O)O[C@H]1C[C@@H](C)CC[C@@H]1C(C)C. The topological polar surface area (TPSA) is 96.3 Å². The highest BCUT2D eigenvalue weighted by atomic mass is 32.1. The van der Waals surface area contributed by atoms with Crippen molar-refractivity contribution in [1.82, 2.24) is 4.90 Å². The molecule has 4 aliphatic rings. The number of ether oxygens (including phenoxy) is 2. The zero-order valence-corrected chi connectivity index (χ0v) is 33.0.